The first-order chi connectivity index (χ1) is 11.5. The van der Waals surface area contributed by atoms with E-state index in [1.807, 2.05) is 19.1 Å². The van der Waals surface area contributed by atoms with Crippen LogP contribution in [0.2, 0.25) is 0 Å². The molecule has 0 bridgehead atoms. The van der Waals surface area contributed by atoms with Crippen molar-refractivity contribution >= 4 is 11.7 Å². The summed E-state index contributed by atoms with van der Waals surface area (Å²) >= 11 is 0. The summed E-state index contributed by atoms with van der Waals surface area (Å²) in [7, 11) is 3.45. The minimum atomic E-state index is -0.141. The first-order valence-electron chi connectivity index (χ1n) is 7.87. The molecule has 7 nitrogen and oxygen atoms in total. The maximum absolute atomic E-state index is 11.9. The van der Waals surface area contributed by atoms with Crippen molar-refractivity contribution in [1.29, 1.82) is 0 Å². The quantitative estimate of drug-likeness (QED) is 0.850. The molecule has 0 N–H and O–H groups in total. The standard InChI is InChI=1S/C17H21N5O2/c1-12-8-16(20-11-19-12)22-6-7-24-15(10-22)14-5-4-13(9-18-14)17(23)21(2)3/h4-5,8-9,11,15H,6-7,10H2,1-3H3/t15-/m0/s1. The second-order valence-corrected chi connectivity index (χ2v) is 5.99. The zero-order valence-corrected chi connectivity index (χ0v) is 14.1. The molecule has 7 heteroatoms. The molecule has 0 aliphatic carbocycles. The van der Waals surface area contributed by atoms with Crippen LogP contribution in [0.4, 0.5) is 5.82 Å². The number of aryl methyl sites for hydroxylation is 1. The molecule has 0 unspecified atom stereocenters. The smallest absolute Gasteiger partial charge is 0.254 e. The van der Waals surface area contributed by atoms with E-state index in [0.717, 1.165) is 23.8 Å². The van der Waals surface area contributed by atoms with E-state index < -0.39 is 0 Å². The van der Waals surface area contributed by atoms with Crippen LogP contribution < -0.4 is 4.90 Å². The number of aromatic nitrogens is 3. The molecule has 24 heavy (non-hydrogen) atoms. The van der Waals surface area contributed by atoms with Crippen molar-refractivity contribution in [3.63, 3.8) is 0 Å². The lowest BCUT2D eigenvalue weighted by molar-refractivity contribution is 0.0367. The third-order valence-electron chi connectivity index (χ3n) is 3.95. The first-order valence-corrected chi connectivity index (χ1v) is 7.87. The van der Waals surface area contributed by atoms with Gasteiger partial charge in [0.25, 0.3) is 5.91 Å². The van der Waals surface area contributed by atoms with Gasteiger partial charge in [0.05, 0.1) is 24.4 Å². The van der Waals surface area contributed by atoms with Gasteiger partial charge in [0, 0.05) is 38.6 Å². The van der Waals surface area contributed by atoms with Gasteiger partial charge in [-0.3, -0.25) is 9.78 Å². The van der Waals surface area contributed by atoms with Gasteiger partial charge < -0.3 is 14.5 Å². The molecule has 2 aromatic heterocycles. The normalized spacial score (nSPS) is 17.6. The molecule has 1 aliphatic heterocycles. The van der Waals surface area contributed by atoms with Crippen LogP contribution in [-0.2, 0) is 4.74 Å². The summed E-state index contributed by atoms with van der Waals surface area (Å²) in [6.45, 7) is 4.01. The Labute approximate surface area is 141 Å². The van der Waals surface area contributed by atoms with Crippen molar-refractivity contribution < 1.29 is 9.53 Å². The van der Waals surface area contributed by atoms with Gasteiger partial charge in [-0.05, 0) is 19.1 Å². The first kappa shape index (κ1) is 16.3. The number of hydrogen-bond acceptors (Lipinski definition) is 6. The largest absolute Gasteiger partial charge is 0.368 e. The average molecular weight is 327 g/mol. The summed E-state index contributed by atoms with van der Waals surface area (Å²) in [6, 6.07) is 5.62. The molecule has 1 amide bonds. The molecule has 1 atom stereocenters. The van der Waals surface area contributed by atoms with Crippen LogP contribution in [0.25, 0.3) is 0 Å². The second-order valence-electron chi connectivity index (χ2n) is 5.99. The number of amides is 1. The summed E-state index contributed by atoms with van der Waals surface area (Å²) in [5, 5.41) is 0. The van der Waals surface area contributed by atoms with Crippen molar-refractivity contribution in [2.75, 3.05) is 38.7 Å². The molecule has 2 aromatic rings. The van der Waals surface area contributed by atoms with E-state index in [-0.39, 0.29) is 12.0 Å². The Kier molecular flexibility index (Phi) is 4.71. The lowest BCUT2D eigenvalue weighted by atomic mass is 10.1. The van der Waals surface area contributed by atoms with E-state index in [4.69, 9.17) is 4.74 Å². The number of morpholine rings is 1. The van der Waals surface area contributed by atoms with Gasteiger partial charge in [-0.2, -0.15) is 0 Å². The topological polar surface area (TPSA) is 71.5 Å². The number of pyridine rings is 1. The lowest BCUT2D eigenvalue weighted by Crippen LogP contribution is -2.39. The van der Waals surface area contributed by atoms with Gasteiger partial charge in [-0.15, -0.1) is 0 Å². The van der Waals surface area contributed by atoms with Crippen LogP contribution in [0.15, 0.2) is 30.7 Å². The van der Waals surface area contributed by atoms with Gasteiger partial charge in [-0.25, -0.2) is 9.97 Å². The van der Waals surface area contributed by atoms with E-state index >= 15 is 0 Å². The summed E-state index contributed by atoms with van der Waals surface area (Å²) in [4.78, 5) is 28.5. The fraction of sp³-hybridized carbons (Fsp3) is 0.412. The number of anilines is 1. The summed E-state index contributed by atoms with van der Waals surface area (Å²) in [5.74, 6) is 0.840. The third-order valence-corrected chi connectivity index (χ3v) is 3.95. The fourth-order valence-corrected chi connectivity index (χ4v) is 2.63. The van der Waals surface area contributed by atoms with Crippen molar-refractivity contribution in [2.45, 2.75) is 13.0 Å². The molecular weight excluding hydrogens is 306 g/mol. The summed E-state index contributed by atoms with van der Waals surface area (Å²) in [6.07, 6.45) is 3.04. The molecule has 0 spiro atoms. The molecule has 3 rings (SSSR count). The second kappa shape index (κ2) is 6.92. The molecule has 3 heterocycles. The number of nitrogens with zero attached hydrogens (tertiary/aromatic N) is 5. The van der Waals surface area contributed by atoms with Crippen molar-refractivity contribution in [2.24, 2.45) is 0 Å². The Hall–Kier alpha value is -2.54. The highest BCUT2D eigenvalue weighted by molar-refractivity contribution is 5.93. The Balaban J connectivity index is 1.74. The van der Waals surface area contributed by atoms with Gasteiger partial charge in [0.15, 0.2) is 0 Å². The molecule has 0 aromatic carbocycles. The van der Waals surface area contributed by atoms with Crippen LogP contribution in [-0.4, -0.2) is 59.6 Å². The highest BCUT2D eigenvalue weighted by atomic mass is 16.5. The molecule has 1 aliphatic rings. The number of carbonyl (C=O) groups is 1. The number of hydrogen-bond donors (Lipinski definition) is 0. The molecule has 126 valence electrons. The van der Waals surface area contributed by atoms with Gasteiger partial charge >= 0.3 is 0 Å². The van der Waals surface area contributed by atoms with Crippen molar-refractivity contribution in [3.8, 4) is 0 Å². The molecule has 0 saturated carbocycles. The Morgan fingerprint density at radius 1 is 1.29 bits per heavy atom. The minimum absolute atomic E-state index is 0.0586. The molecule has 1 saturated heterocycles. The average Bonchev–Trinajstić information content (AvgIpc) is 2.61. The highest BCUT2D eigenvalue weighted by Crippen LogP contribution is 2.24. The van der Waals surface area contributed by atoms with Gasteiger partial charge in [-0.1, -0.05) is 0 Å². The number of carbonyl (C=O) groups excluding carboxylic acids is 1. The third kappa shape index (κ3) is 3.51. The number of ether oxygens (including phenoxy) is 1. The monoisotopic (exact) mass is 327 g/mol. The SMILES string of the molecule is Cc1cc(N2CCO[C@H](c3ccc(C(=O)N(C)C)cn3)C2)ncn1. The van der Waals surface area contributed by atoms with Gasteiger partial charge in [0.1, 0.15) is 18.2 Å². The molecule has 0 radical (unpaired) electrons. The predicted molar refractivity (Wildman–Crippen MR) is 89.9 cm³/mol. The Morgan fingerprint density at radius 2 is 2.12 bits per heavy atom. The lowest BCUT2D eigenvalue weighted by Gasteiger charge is -2.33. The van der Waals surface area contributed by atoms with E-state index in [1.165, 1.54) is 4.90 Å². The molecular formula is C17H21N5O2. The van der Waals surface area contributed by atoms with E-state index in [9.17, 15) is 4.79 Å². The number of rotatable bonds is 3. The maximum Gasteiger partial charge on any atom is 0.254 e. The highest BCUT2D eigenvalue weighted by Gasteiger charge is 2.24. The van der Waals surface area contributed by atoms with Crippen molar-refractivity contribution in [3.05, 3.63) is 47.7 Å². The van der Waals surface area contributed by atoms with Crippen LogP contribution in [0.1, 0.15) is 27.8 Å². The zero-order chi connectivity index (χ0) is 17.1. The van der Waals surface area contributed by atoms with E-state index in [2.05, 4.69) is 19.9 Å². The summed E-state index contributed by atoms with van der Waals surface area (Å²) < 4.78 is 5.85. The van der Waals surface area contributed by atoms with Crippen LogP contribution in [0.5, 0.6) is 0 Å². The van der Waals surface area contributed by atoms with E-state index in [0.29, 0.717) is 18.7 Å². The molecule has 1 fully saturated rings. The van der Waals surface area contributed by atoms with Gasteiger partial charge in [0.2, 0.25) is 0 Å². The van der Waals surface area contributed by atoms with Crippen LogP contribution >= 0.6 is 0 Å². The maximum atomic E-state index is 11.9. The van der Waals surface area contributed by atoms with Crippen molar-refractivity contribution in [1.82, 2.24) is 19.9 Å². The summed E-state index contributed by atoms with van der Waals surface area (Å²) in [5.41, 5.74) is 2.33. The Morgan fingerprint density at radius 3 is 2.79 bits per heavy atom. The van der Waals surface area contributed by atoms with E-state index in [1.54, 1.807) is 32.7 Å². The van der Waals surface area contributed by atoms with Crippen LogP contribution in [0, 0.1) is 6.92 Å². The van der Waals surface area contributed by atoms with Crippen LogP contribution in [0.3, 0.4) is 0 Å². The zero-order valence-electron chi connectivity index (χ0n) is 14.1. The Bertz CT molecular complexity index is 717. The minimum Gasteiger partial charge on any atom is -0.368 e. The fourth-order valence-electron chi connectivity index (χ4n) is 2.63. The predicted octanol–water partition coefficient (Wildman–Crippen LogP) is 1.46.